The van der Waals surface area contributed by atoms with Crippen molar-refractivity contribution in [2.24, 2.45) is 17.6 Å². The highest BCUT2D eigenvalue weighted by molar-refractivity contribution is 6.04. The number of nitrogens with one attached hydrogen (secondary N) is 1. The van der Waals surface area contributed by atoms with Gasteiger partial charge in [0.15, 0.2) is 0 Å². The Hall–Kier alpha value is -1.92. The van der Waals surface area contributed by atoms with Crippen molar-refractivity contribution < 1.29 is 14.3 Å². The number of nitrogens with zero attached hydrogens (tertiary/aromatic N) is 1. The molecular formula is C18H27N3O3. The minimum absolute atomic E-state index is 0.0513. The van der Waals surface area contributed by atoms with E-state index in [4.69, 9.17) is 10.5 Å². The van der Waals surface area contributed by atoms with Crippen LogP contribution in [0.5, 0.6) is 0 Å². The first-order valence-corrected chi connectivity index (χ1v) is 8.36. The lowest BCUT2D eigenvalue weighted by molar-refractivity contribution is -0.118. The van der Waals surface area contributed by atoms with Crippen molar-refractivity contribution in [3.05, 3.63) is 29.8 Å². The number of benzene rings is 1. The SMILES string of the molecule is COCC(N)C(=O)Nc1ccccc1C(=O)N1CC(C)CC(C)C1. The fraction of sp³-hybridized carbons (Fsp3) is 0.556. The van der Waals surface area contributed by atoms with Gasteiger partial charge in [0.2, 0.25) is 5.91 Å². The monoisotopic (exact) mass is 333 g/mol. The average Bonchev–Trinajstić information content (AvgIpc) is 2.54. The zero-order valence-corrected chi connectivity index (χ0v) is 14.6. The maximum Gasteiger partial charge on any atom is 0.255 e. The van der Waals surface area contributed by atoms with Gasteiger partial charge in [-0.1, -0.05) is 26.0 Å². The number of amides is 2. The van der Waals surface area contributed by atoms with Gasteiger partial charge in [0, 0.05) is 20.2 Å². The van der Waals surface area contributed by atoms with Crippen molar-refractivity contribution in [3.63, 3.8) is 0 Å². The Balaban J connectivity index is 2.16. The second-order valence-electron chi connectivity index (χ2n) is 6.75. The van der Waals surface area contributed by atoms with E-state index in [0.717, 1.165) is 19.5 Å². The van der Waals surface area contributed by atoms with Gasteiger partial charge < -0.3 is 20.7 Å². The van der Waals surface area contributed by atoms with Crippen molar-refractivity contribution in [1.29, 1.82) is 0 Å². The standard InChI is InChI=1S/C18H27N3O3/c1-12-8-13(2)10-21(9-12)18(23)14-6-4-5-7-16(14)20-17(22)15(19)11-24-3/h4-7,12-13,15H,8-11,19H2,1-3H3,(H,20,22). The number of likely N-dealkylation sites (tertiary alicyclic amines) is 1. The van der Waals surface area contributed by atoms with Gasteiger partial charge in [0.25, 0.3) is 5.91 Å². The van der Waals surface area contributed by atoms with Crippen LogP contribution in [0, 0.1) is 11.8 Å². The fourth-order valence-electron chi connectivity index (χ4n) is 3.26. The fourth-order valence-corrected chi connectivity index (χ4v) is 3.26. The molecule has 3 N–H and O–H groups in total. The van der Waals surface area contributed by atoms with Crippen LogP contribution in [0.2, 0.25) is 0 Å². The number of hydrogen-bond donors (Lipinski definition) is 2. The quantitative estimate of drug-likeness (QED) is 0.859. The average molecular weight is 333 g/mol. The maximum absolute atomic E-state index is 12.9. The predicted molar refractivity (Wildman–Crippen MR) is 93.8 cm³/mol. The van der Waals surface area contributed by atoms with Gasteiger partial charge in [-0.2, -0.15) is 0 Å². The van der Waals surface area contributed by atoms with E-state index in [2.05, 4.69) is 19.2 Å². The molecule has 0 radical (unpaired) electrons. The Morgan fingerprint density at radius 1 is 1.29 bits per heavy atom. The summed E-state index contributed by atoms with van der Waals surface area (Å²) in [6.45, 7) is 5.94. The number of nitrogens with two attached hydrogens (primary N) is 1. The van der Waals surface area contributed by atoms with Crippen LogP contribution in [0.4, 0.5) is 5.69 Å². The molecule has 1 saturated heterocycles. The number of para-hydroxylation sites is 1. The molecule has 6 nitrogen and oxygen atoms in total. The molecule has 3 atom stereocenters. The molecule has 1 aromatic rings. The predicted octanol–water partition coefficient (Wildman–Crippen LogP) is 1.72. The van der Waals surface area contributed by atoms with Gasteiger partial charge >= 0.3 is 0 Å². The first-order valence-electron chi connectivity index (χ1n) is 8.36. The molecule has 0 saturated carbocycles. The van der Waals surface area contributed by atoms with Gasteiger partial charge in [0.1, 0.15) is 6.04 Å². The van der Waals surface area contributed by atoms with Crippen molar-refractivity contribution in [3.8, 4) is 0 Å². The zero-order valence-electron chi connectivity index (χ0n) is 14.6. The molecule has 0 bridgehead atoms. The molecule has 0 aromatic heterocycles. The van der Waals surface area contributed by atoms with Crippen LogP contribution < -0.4 is 11.1 Å². The van der Waals surface area contributed by atoms with Crippen LogP contribution in [0.3, 0.4) is 0 Å². The normalized spacial score (nSPS) is 22.1. The summed E-state index contributed by atoms with van der Waals surface area (Å²) in [6, 6.07) is 6.28. The van der Waals surface area contributed by atoms with E-state index in [-0.39, 0.29) is 18.4 Å². The topological polar surface area (TPSA) is 84.7 Å². The molecule has 132 valence electrons. The Kier molecular flexibility index (Phi) is 6.34. The van der Waals surface area contributed by atoms with Crippen LogP contribution in [0.25, 0.3) is 0 Å². The second-order valence-corrected chi connectivity index (χ2v) is 6.75. The molecule has 2 rings (SSSR count). The first kappa shape index (κ1) is 18.4. The number of piperidine rings is 1. The van der Waals surface area contributed by atoms with E-state index in [1.807, 2.05) is 4.90 Å². The minimum atomic E-state index is -0.770. The number of carbonyl (C=O) groups is 2. The Bertz CT molecular complexity index is 581. The van der Waals surface area contributed by atoms with Crippen molar-refractivity contribution in [2.75, 3.05) is 32.1 Å². The largest absolute Gasteiger partial charge is 0.383 e. The molecule has 1 aromatic carbocycles. The molecule has 24 heavy (non-hydrogen) atoms. The van der Waals surface area contributed by atoms with E-state index in [1.165, 1.54) is 7.11 Å². The summed E-state index contributed by atoms with van der Waals surface area (Å²) in [5.74, 6) is 0.547. The third-order valence-corrected chi connectivity index (χ3v) is 4.25. The number of rotatable bonds is 5. The van der Waals surface area contributed by atoms with Gasteiger partial charge in [-0.25, -0.2) is 0 Å². The molecule has 3 unspecified atom stereocenters. The second kappa shape index (κ2) is 8.26. The molecule has 1 fully saturated rings. The molecule has 6 heteroatoms. The summed E-state index contributed by atoms with van der Waals surface area (Å²) in [5.41, 5.74) is 6.74. The number of hydrogen-bond acceptors (Lipinski definition) is 4. The smallest absolute Gasteiger partial charge is 0.255 e. The summed E-state index contributed by atoms with van der Waals surface area (Å²) in [6.07, 6.45) is 1.13. The minimum Gasteiger partial charge on any atom is -0.383 e. The van der Waals surface area contributed by atoms with E-state index in [9.17, 15) is 9.59 Å². The molecule has 2 amide bonds. The molecule has 1 heterocycles. The van der Waals surface area contributed by atoms with Crippen LogP contribution >= 0.6 is 0 Å². The van der Waals surface area contributed by atoms with E-state index in [0.29, 0.717) is 23.1 Å². The van der Waals surface area contributed by atoms with Gasteiger partial charge in [-0.3, -0.25) is 9.59 Å². The van der Waals surface area contributed by atoms with Gasteiger partial charge in [0.05, 0.1) is 17.9 Å². The number of anilines is 1. The highest BCUT2D eigenvalue weighted by atomic mass is 16.5. The lowest BCUT2D eigenvalue weighted by atomic mass is 9.91. The van der Waals surface area contributed by atoms with Gasteiger partial charge in [-0.05, 0) is 30.4 Å². The maximum atomic E-state index is 12.9. The first-order chi connectivity index (χ1) is 11.4. The van der Waals surface area contributed by atoms with E-state index < -0.39 is 6.04 Å². The number of carbonyl (C=O) groups excluding carboxylic acids is 2. The summed E-state index contributed by atoms with van der Waals surface area (Å²) in [5, 5.41) is 2.75. The lowest BCUT2D eigenvalue weighted by Crippen LogP contribution is -2.43. The molecule has 0 spiro atoms. The highest BCUT2D eigenvalue weighted by Gasteiger charge is 2.27. The Morgan fingerprint density at radius 3 is 2.54 bits per heavy atom. The molecule has 0 aliphatic carbocycles. The Labute approximate surface area is 143 Å². The number of ether oxygens (including phenoxy) is 1. The third-order valence-electron chi connectivity index (χ3n) is 4.25. The van der Waals surface area contributed by atoms with E-state index in [1.54, 1.807) is 24.3 Å². The van der Waals surface area contributed by atoms with Crippen molar-refractivity contribution in [1.82, 2.24) is 4.90 Å². The van der Waals surface area contributed by atoms with Crippen molar-refractivity contribution in [2.45, 2.75) is 26.3 Å². The molecular weight excluding hydrogens is 306 g/mol. The van der Waals surface area contributed by atoms with Crippen LogP contribution in [-0.2, 0) is 9.53 Å². The van der Waals surface area contributed by atoms with Crippen LogP contribution in [-0.4, -0.2) is 49.6 Å². The van der Waals surface area contributed by atoms with Gasteiger partial charge in [-0.15, -0.1) is 0 Å². The zero-order chi connectivity index (χ0) is 17.7. The molecule has 1 aliphatic heterocycles. The summed E-state index contributed by atoms with van der Waals surface area (Å²) in [7, 11) is 1.49. The Morgan fingerprint density at radius 2 is 1.92 bits per heavy atom. The van der Waals surface area contributed by atoms with E-state index >= 15 is 0 Å². The lowest BCUT2D eigenvalue weighted by Gasteiger charge is -2.35. The summed E-state index contributed by atoms with van der Waals surface area (Å²) in [4.78, 5) is 26.9. The van der Waals surface area contributed by atoms with Crippen molar-refractivity contribution >= 4 is 17.5 Å². The van der Waals surface area contributed by atoms with Crippen LogP contribution in [0.15, 0.2) is 24.3 Å². The summed E-state index contributed by atoms with van der Waals surface area (Å²) >= 11 is 0. The third kappa shape index (κ3) is 4.55. The molecule has 1 aliphatic rings. The highest BCUT2D eigenvalue weighted by Crippen LogP contribution is 2.25. The summed E-state index contributed by atoms with van der Waals surface area (Å²) < 4.78 is 4.90. The van der Waals surface area contributed by atoms with Crippen LogP contribution in [0.1, 0.15) is 30.6 Å². The number of methoxy groups -OCH3 is 1.